The maximum Gasteiger partial charge on any atom is 0.214 e. The summed E-state index contributed by atoms with van der Waals surface area (Å²) in [5.41, 5.74) is 1.22. The van der Waals surface area contributed by atoms with Crippen LogP contribution in [0, 0.1) is 0 Å². The smallest absolute Gasteiger partial charge is 0.214 e. The minimum Gasteiger partial charge on any atom is -0.488 e. The van der Waals surface area contributed by atoms with E-state index in [4.69, 9.17) is 4.74 Å². The monoisotopic (exact) mass is 366 g/mol. The summed E-state index contributed by atoms with van der Waals surface area (Å²) >= 11 is 0. The second-order valence-electron chi connectivity index (χ2n) is 6.27. The van der Waals surface area contributed by atoms with Crippen LogP contribution in [0.1, 0.15) is 18.9 Å². The molecule has 138 valence electrons. The first-order chi connectivity index (χ1) is 12.1. The van der Waals surface area contributed by atoms with E-state index in [1.165, 1.54) is 5.56 Å². The second-order valence-corrected chi connectivity index (χ2v) is 8.36. The average Bonchev–Trinajstić information content (AvgIpc) is 3.15. The molecule has 0 saturated carbocycles. The number of nitrogens with one attached hydrogen (secondary N) is 2. The summed E-state index contributed by atoms with van der Waals surface area (Å²) in [6, 6.07) is 8.06. The molecule has 1 saturated heterocycles. The van der Waals surface area contributed by atoms with Gasteiger partial charge in [-0.2, -0.15) is 0 Å². The highest BCUT2D eigenvalue weighted by molar-refractivity contribution is 7.89. The molecule has 0 amide bonds. The predicted molar refractivity (Wildman–Crippen MR) is 98.5 cm³/mol. The number of guanidine groups is 1. The van der Waals surface area contributed by atoms with Crippen molar-refractivity contribution in [3.8, 4) is 5.75 Å². The highest BCUT2D eigenvalue weighted by Crippen LogP contribution is 2.28. The lowest BCUT2D eigenvalue weighted by Gasteiger charge is -2.17. The average molecular weight is 366 g/mol. The zero-order valence-corrected chi connectivity index (χ0v) is 15.4. The van der Waals surface area contributed by atoms with Crippen LogP contribution in [0.3, 0.4) is 0 Å². The molecule has 7 nitrogen and oxygen atoms in total. The molecule has 8 heteroatoms. The number of ether oxygens (including phenoxy) is 1. The zero-order chi connectivity index (χ0) is 17.7. The van der Waals surface area contributed by atoms with Crippen LogP contribution in [0.2, 0.25) is 0 Å². The van der Waals surface area contributed by atoms with Crippen LogP contribution < -0.4 is 15.4 Å². The molecule has 2 aliphatic heterocycles. The molecule has 1 unspecified atom stereocenters. The lowest BCUT2D eigenvalue weighted by atomic mass is 10.1. The molecule has 0 aromatic heterocycles. The van der Waals surface area contributed by atoms with E-state index >= 15 is 0 Å². The van der Waals surface area contributed by atoms with Crippen molar-refractivity contribution in [2.45, 2.75) is 25.9 Å². The van der Waals surface area contributed by atoms with Gasteiger partial charge in [-0.25, -0.2) is 17.7 Å². The van der Waals surface area contributed by atoms with Crippen molar-refractivity contribution in [3.05, 3.63) is 29.8 Å². The van der Waals surface area contributed by atoms with Gasteiger partial charge in [-0.05, 0) is 25.0 Å². The lowest BCUT2D eigenvalue weighted by Crippen LogP contribution is -2.42. The van der Waals surface area contributed by atoms with Gasteiger partial charge in [0.1, 0.15) is 11.9 Å². The van der Waals surface area contributed by atoms with E-state index in [9.17, 15) is 8.42 Å². The highest BCUT2D eigenvalue weighted by atomic mass is 32.2. The van der Waals surface area contributed by atoms with Gasteiger partial charge in [0.2, 0.25) is 10.0 Å². The van der Waals surface area contributed by atoms with Crippen molar-refractivity contribution in [1.82, 2.24) is 14.9 Å². The molecule has 3 rings (SSSR count). The molecule has 0 radical (unpaired) electrons. The molecule has 25 heavy (non-hydrogen) atoms. The summed E-state index contributed by atoms with van der Waals surface area (Å²) in [7, 11) is -3.04. The van der Waals surface area contributed by atoms with Gasteiger partial charge in [0.15, 0.2) is 5.96 Å². The van der Waals surface area contributed by atoms with E-state index in [0.29, 0.717) is 32.1 Å². The lowest BCUT2D eigenvalue weighted by molar-refractivity contribution is 0.241. The van der Waals surface area contributed by atoms with Crippen LogP contribution in [-0.2, 0) is 16.4 Å². The molecule has 0 spiro atoms. The van der Waals surface area contributed by atoms with Crippen molar-refractivity contribution in [2.75, 3.05) is 38.5 Å². The van der Waals surface area contributed by atoms with Crippen LogP contribution in [-0.4, -0.2) is 63.3 Å². The predicted octanol–water partition coefficient (Wildman–Crippen LogP) is 0.581. The third-order valence-corrected chi connectivity index (χ3v) is 6.32. The van der Waals surface area contributed by atoms with Crippen LogP contribution in [0.4, 0.5) is 0 Å². The summed E-state index contributed by atoms with van der Waals surface area (Å²) in [4.78, 5) is 4.58. The molecule has 1 aromatic carbocycles. The van der Waals surface area contributed by atoms with Crippen molar-refractivity contribution in [3.63, 3.8) is 0 Å². The van der Waals surface area contributed by atoms with Gasteiger partial charge >= 0.3 is 0 Å². The molecule has 1 atom stereocenters. The summed E-state index contributed by atoms with van der Waals surface area (Å²) < 4.78 is 31.1. The molecule has 0 bridgehead atoms. The van der Waals surface area contributed by atoms with Crippen molar-refractivity contribution in [1.29, 1.82) is 0 Å². The van der Waals surface area contributed by atoms with Gasteiger partial charge in [-0.1, -0.05) is 18.2 Å². The molecule has 2 heterocycles. The zero-order valence-electron chi connectivity index (χ0n) is 14.6. The van der Waals surface area contributed by atoms with Gasteiger partial charge < -0.3 is 15.4 Å². The molecule has 2 aliphatic rings. The fourth-order valence-corrected chi connectivity index (χ4v) is 4.66. The number of para-hydroxylation sites is 1. The second kappa shape index (κ2) is 8.05. The van der Waals surface area contributed by atoms with Crippen molar-refractivity contribution < 1.29 is 13.2 Å². The number of rotatable bonds is 6. The minimum atomic E-state index is -3.04. The molecule has 2 N–H and O–H groups in total. The summed E-state index contributed by atoms with van der Waals surface area (Å²) in [5.74, 6) is 1.90. The Kier molecular flexibility index (Phi) is 5.80. The Hall–Kier alpha value is -1.80. The van der Waals surface area contributed by atoms with E-state index in [1.54, 1.807) is 4.31 Å². The number of aliphatic imine (C=N–C) groups is 1. The molecule has 0 aliphatic carbocycles. The van der Waals surface area contributed by atoms with E-state index < -0.39 is 10.0 Å². The number of hydrogen-bond acceptors (Lipinski definition) is 4. The highest BCUT2D eigenvalue weighted by Gasteiger charge is 2.27. The molecular weight excluding hydrogens is 340 g/mol. The van der Waals surface area contributed by atoms with Crippen molar-refractivity contribution >= 4 is 16.0 Å². The quantitative estimate of drug-likeness (QED) is 0.568. The van der Waals surface area contributed by atoms with E-state index in [0.717, 1.165) is 25.1 Å². The fourth-order valence-electron chi connectivity index (χ4n) is 3.13. The van der Waals surface area contributed by atoms with Crippen LogP contribution in [0.5, 0.6) is 5.75 Å². The maximum absolute atomic E-state index is 11.8. The fraction of sp³-hybridized carbons (Fsp3) is 0.588. The van der Waals surface area contributed by atoms with Crippen LogP contribution in [0.25, 0.3) is 0 Å². The summed E-state index contributed by atoms with van der Waals surface area (Å²) in [6.45, 7) is 4.94. The van der Waals surface area contributed by atoms with Gasteiger partial charge in [0, 0.05) is 32.6 Å². The third kappa shape index (κ3) is 4.64. The number of nitrogens with zero attached hydrogens (tertiary/aromatic N) is 2. The van der Waals surface area contributed by atoms with Crippen LogP contribution in [0.15, 0.2) is 29.3 Å². The minimum absolute atomic E-state index is 0.0480. The maximum atomic E-state index is 11.8. The largest absolute Gasteiger partial charge is 0.488 e. The number of hydrogen-bond donors (Lipinski definition) is 2. The number of benzene rings is 1. The Labute approximate surface area is 149 Å². The topological polar surface area (TPSA) is 83.0 Å². The van der Waals surface area contributed by atoms with Gasteiger partial charge in [-0.15, -0.1) is 0 Å². The number of fused-ring (bicyclic) bond motifs is 1. The van der Waals surface area contributed by atoms with Crippen molar-refractivity contribution in [2.24, 2.45) is 4.99 Å². The first kappa shape index (κ1) is 18.0. The molecule has 1 aromatic rings. The summed E-state index contributed by atoms with van der Waals surface area (Å²) in [6.07, 6.45) is 1.63. The Morgan fingerprint density at radius 3 is 2.92 bits per heavy atom. The standard InChI is InChI=1S/C17H26N4O3S/c1-2-18-17(19-8-10-21-9-5-11-25(21,22)23)20-13-15-12-14-6-3-4-7-16(14)24-15/h3-4,6-7,15H,2,5,8-13H2,1H3,(H2,18,19,20). The van der Waals surface area contributed by atoms with E-state index in [2.05, 4.69) is 21.7 Å². The Bertz CT molecular complexity index is 695. The number of sulfonamides is 1. The Morgan fingerprint density at radius 1 is 1.36 bits per heavy atom. The SMILES string of the molecule is CCNC(=NCC1Cc2ccccc2O1)NCCN1CCCS1(=O)=O. The normalized spacial score (nSPS) is 22.4. The summed E-state index contributed by atoms with van der Waals surface area (Å²) in [5, 5.41) is 6.40. The van der Waals surface area contributed by atoms with E-state index in [-0.39, 0.29) is 11.9 Å². The first-order valence-electron chi connectivity index (χ1n) is 8.83. The van der Waals surface area contributed by atoms with Gasteiger partial charge in [0.05, 0.1) is 12.3 Å². The van der Waals surface area contributed by atoms with Gasteiger partial charge in [0.25, 0.3) is 0 Å². The molecule has 1 fully saturated rings. The Balaban J connectivity index is 1.48. The third-order valence-electron chi connectivity index (χ3n) is 4.37. The van der Waals surface area contributed by atoms with Gasteiger partial charge in [-0.3, -0.25) is 0 Å². The Morgan fingerprint density at radius 2 is 2.20 bits per heavy atom. The van der Waals surface area contributed by atoms with E-state index in [1.807, 2.05) is 25.1 Å². The van der Waals surface area contributed by atoms with Crippen LogP contribution >= 0.6 is 0 Å². The molecular formula is C17H26N4O3S. The first-order valence-corrected chi connectivity index (χ1v) is 10.4.